The number of hydrogen-bond acceptors (Lipinski definition) is 5. The lowest BCUT2D eigenvalue weighted by Gasteiger charge is -2.26. The molecular formula is C22H25N3O2S. The Morgan fingerprint density at radius 1 is 1.07 bits per heavy atom. The average Bonchev–Trinajstić information content (AvgIpc) is 2.74. The number of rotatable bonds is 8. The van der Waals surface area contributed by atoms with Crippen LogP contribution in [0.5, 0.6) is 0 Å². The Balaban J connectivity index is 1.37. The quantitative estimate of drug-likeness (QED) is 0.743. The zero-order valence-corrected chi connectivity index (χ0v) is 16.7. The Bertz CT molecular complexity index is 794. The van der Waals surface area contributed by atoms with Crippen LogP contribution >= 0.6 is 11.8 Å². The van der Waals surface area contributed by atoms with Crippen LogP contribution in [0.15, 0.2) is 48.5 Å². The molecule has 1 fully saturated rings. The minimum Gasteiger partial charge on any atom is -0.379 e. The second-order valence-electron chi connectivity index (χ2n) is 6.75. The third kappa shape index (κ3) is 6.68. The van der Waals surface area contributed by atoms with Crippen molar-refractivity contribution >= 4 is 23.4 Å². The van der Waals surface area contributed by atoms with E-state index in [0.29, 0.717) is 11.3 Å². The first-order chi connectivity index (χ1) is 13.7. The molecule has 2 aromatic rings. The Labute approximate surface area is 170 Å². The van der Waals surface area contributed by atoms with E-state index in [9.17, 15) is 4.79 Å². The van der Waals surface area contributed by atoms with E-state index in [1.54, 1.807) is 23.9 Å². The van der Waals surface area contributed by atoms with Crippen molar-refractivity contribution in [3.05, 3.63) is 65.2 Å². The molecule has 0 spiro atoms. The van der Waals surface area contributed by atoms with Crippen molar-refractivity contribution in [1.29, 1.82) is 5.26 Å². The Hall–Kier alpha value is -2.33. The molecule has 1 amide bonds. The SMILES string of the molecule is N#Cc1ccc(CSCC(=O)Nc2ccc(CCN3CCOCC3)cc2)cc1. The van der Waals surface area contributed by atoms with Crippen LogP contribution in [0.3, 0.4) is 0 Å². The van der Waals surface area contributed by atoms with Gasteiger partial charge in [-0.25, -0.2) is 0 Å². The van der Waals surface area contributed by atoms with E-state index in [2.05, 4.69) is 28.4 Å². The van der Waals surface area contributed by atoms with Crippen LogP contribution in [0.4, 0.5) is 5.69 Å². The highest BCUT2D eigenvalue weighted by atomic mass is 32.2. The maximum atomic E-state index is 12.1. The highest BCUT2D eigenvalue weighted by molar-refractivity contribution is 7.99. The molecule has 0 atom stereocenters. The molecular weight excluding hydrogens is 370 g/mol. The molecule has 0 aromatic heterocycles. The van der Waals surface area contributed by atoms with Crippen molar-refractivity contribution < 1.29 is 9.53 Å². The summed E-state index contributed by atoms with van der Waals surface area (Å²) in [5, 5.41) is 11.8. The predicted octanol–water partition coefficient (Wildman–Crippen LogP) is 3.30. The van der Waals surface area contributed by atoms with E-state index in [4.69, 9.17) is 10.00 Å². The van der Waals surface area contributed by atoms with Gasteiger partial charge < -0.3 is 10.1 Å². The van der Waals surface area contributed by atoms with E-state index >= 15 is 0 Å². The Morgan fingerprint density at radius 3 is 2.43 bits per heavy atom. The molecule has 1 saturated heterocycles. The maximum absolute atomic E-state index is 12.1. The van der Waals surface area contributed by atoms with Crippen molar-refractivity contribution in [2.24, 2.45) is 0 Å². The van der Waals surface area contributed by atoms with Gasteiger partial charge in [0.25, 0.3) is 0 Å². The second-order valence-corrected chi connectivity index (χ2v) is 7.74. The fourth-order valence-corrected chi connectivity index (χ4v) is 3.79. The number of nitrogens with one attached hydrogen (secondary N) is 1. The number of carbonyl (C=O) groups is 1. The van der Waals surface area contributed by atoms with Gasteiger partial charge in [-0.1, -0.05) is 24.3 Å². The van der Waals surface area contributed by atoms with Crippen molar-refractivity contribution in [3.63, 3.8) is 0 Å². The molecule has 0 bridgehead atoms. The van der Waals surface area contributed by atoms with Gasteiger partial charge in [-0.15, -0.1) is 11.8 Å². The summed E-state index contributed by atoms with van der Waals surface area (Å²) < 4.78 is 5.37. The van der Waals surface area contributed by atoms with Gasteiger partial charge in [-0.3, -0.25) is 9.69 Å². The number of hydrogen-bond donors (Lipinski definition) is 1. The van der Waals surface area contributed by atoms with E-state index in [0.717, 1.165) is 56.3 Å². The van der Waals surface area contributed by atoms with Crippen LogP contribution in [-0.2, 0) is 21.7 Å². The molecule has 2 aromatic carbocycles. The number of morpholine rings is 1. The van der Waals surface area contributed by atoms with E-state index < -0.39 is 0 Å². The summed E-state index contributed by atoms with van der Waals surface area (Å²) in [4.78, 5) is 14.5. The lowest BCUT2D eigenvalue weighted by molar-refractivity contribution is -0.113. The van der Waals surface area contributed by atoms with Gasteiger partial charge in [-0.2, -0.15) is 5.26 Å². The average molecular weight is 396 g/mol. The molecule has 1 N–H and O–H groups in total. The summed E-state index contributed by atoms with van der Waals surface area (Å²) in [7, 11) is 0. The van der Waals surface area contributed by atoms with Crippen LogP contribution in [0, 0.1) is 11.3 Å². The maximum Gasteiger partial charge on any atom is 0.234 e. The minimum absolute atomic E-state index is 0.000267. The first-order valence-electron chi connectivity index (χ1n) is 9.48. The molecule has 0 aliphatic carbocycles. The molecule has 1 aliphatic heterocycles. The van der Waals surface area contributed by atoms with Crippen molar-refractivity contribution in [2.75, 3.05) is 43.9 Å². The molecule has 6 heteroatoms. The first-order valence-corrected chi connectivity index (χ1v) is 10.6. The summed E-state index contributed by atoms with van der Waals surface area (Å²) in [6, 6.07) is 17.7. The van der Waals surface area contributed by atoms with Crippen LogP contribution in [-0.4, -0.2) is 49.4 Å². The lowest BCUT2D eigenvalue weighted by Crippen LogP contribution is -2.37. The third-order valence-electron chi connectivity index (χ3n) is 4.64. The fourth-order valence-electron chi connectivity index (χ4n) is 3.00. The van der Waals surface area contributed by atoms with Gasteiger partial charge in [0.2, 0.25) is 5.91 Å². The number of ether oxygens (including phenoxy) is 1. The van der Waals surface area contributed by atoms with E-state index in [1.807, 2.05) is 24.3 Å². The molecule has 0 saturated carbocycles. The van der Waals surface area contributed by atoms with Crippen molar-refractivity contribution in [3.8, 4) is 6.07 Å². The number of amides is 1. The highest BCUT2D eigenvalue weighted by Gasteiger charge is 2.10. The van der Waals surface area contributed by atoms with Gasteiger partial charge in [0, 0.05) is 31.1 Å². The van der Waals surface area contributed by atoms with Gasteiger partial charge in [0.05, 0.1) is 30.6 Å². The van der Waals surface area contributed by atoms with E-state index in [-0.39, 0.29) is 5.91 Å². The number of carbonyl (C=O) groups excluding carboxylic acids is 1. The normalized spacial score (nSPS) is 14.4. The highest BCUT2D eigenvalue weighted by Crippen LogP contribution is 2.15. The molecule has 5 nitrogen and oxygen atoms in total. The van der Waals surface area contributed by atoms with Crippen LogP contribution in [0.2, 0.25) is 0 Å². The molecule has 28 heavy (non-hydrogen) atoms. The standard InChI is InChI=1S/C22H25N3O2S/c23-15-19-1-3-20(4-2-19)16-28-17-22(26)24-21-7-5-18(6-8-21)9-10-25-11-13-27-14-12-25/h1-8H,9-14,16-17H2,(H,24,26). The monoisotopic (exact) mass is 395 g/mol. The second kappa shape index (κ2) is 10.9. The van der Waals surface area contributed by atoms with Crippen molar-refractivity contribution in [1.82, 2.24) is 4.90 Å². The number of benzene rings is 2. The lowest BCUT2D eigenvalue weighted by atomic mass is 10.1. The van der Waals surface area contributed by atoms with Gasteiger partial charge >= 0.3 is 0 Å². The zero-order chi connectivity index (χ0) is 19.6. The van der Waals surface area contributed by atoms with Gasteiger partial charge in [0.1, 0.15) is 0 Å². The fraction of sp³-hybridized carbons (Fsp3) is 0.364. The van der Waals surface area contributed by atoms with E-state index in [1.165, 1.54) is 5.56 Å². The molecule has 1 heterocycles. The molecule has 0 unspecified atom stereocenters. The van der Waals surface area contributed by atoms with Crippen LogP contribution in [0.25, 0.3) is 0 Å². The van der Waals surface area contributed by atoms with Crippen LogP contribution < -0.4 is 5.32 Å². The zero-order valence-electron chi connectivity index (χ0n) is 15.9. The number of nitrogens with zero attached hydrogens (tertiary/aromatic N) is 2. The summed E-state index contributed by atoms with van der Waals surface area (Å²) in [5.41, 5.74) is 3.88. The number of thioether (sulfide) groups is 1. The topological polar surface area (TPSA) is 65.4 Å². The molecule has 0 radical (unpaired) electrons. The minimum atomic E-state index is -0.000267. The Kier molecular flexibility index (Phi) is 7.92. The number of anilines is 1. The summed E-state index contributed by atoms with van der Waals surface area (Å²) in [6.07, 6.45) is 1.01. The largest absolute Gasteiger partial charge is 0.379 e. The first kappa shape index (κ1) is 20.4. The predicted molar refractivity (Wildman–Crippen MR) is 113 cm³/mol. The van der Waals surface area contributed by atoms with Gasteiger partial charge in [-0.05, 0) is 41.8 Å². The third-order valence-corrected chi connectivity index (χ3v) is 5.65. The summed E-state index contributed by atoms with van der Waals surface area (Å²) in [6.45, 7) is 4.71. The molecule has 1 aliphatic rings. The van der Waals surface area contributed by atoms with Gasteiger partial charge in [0.15, 0.2) is 0 Å². The Morgan fingerprint density at radius 2 is 1.75 bits per heavy atom. The summed E-state index contributed by atoms with van der Waals surface area (Å²) in [5.74, 6) is 1.15. The molecule has 3 rings (SSSR count). The smallest absolute Gasteiger partial charge is 0.234 e. The summed E-state index contributed by atoms with van der Waals surface area (Å²) >= 11 is 1.56. The number of nitriles is 1. The molecule has 146 valence electrons. The van der Waals surface area contributed by atoms with Crippen LogP contribution in [0.1, 0.15) is 16.7 Å². The van der Waals surface area contributed by atoms with Crippen molar-refractivity contribution in [2.45, 2.75) is 12.2 Å².